The van der Waals surface area contributed by atoms with Crippen molar-refractivity contribution < 1.29 is 9.59 Å². The highest BCUT2D eigenvalue weighted by Crippen LogP contribution is 2.15. The molecule has 94 valence electrons. The Morgan fingerprint density at radius 1 is 1.25 bits per heavy atom. The number of likely N-dealkylation sites (N-methyl/N-ethyl adjacent to an activating group) is 2. The van der Waals surface area contributed by atoms with E-state index in [1.165, 1.54) is 4.90 Å². The molecule has 0 saturated heterocycles. The van der Waals surface area contributed by atoms with E-state index in [1.54, 1.807) is 19.0 Å². The molecule has 0 aliphatic carbocycles. The lowest BCUT2D eigenvalue weighted by molar-refractivity contribution is -0.139. The fourth-order valence-corrected chi connectivity index (χ4v) is 1.40. The lowest BCUT2D eigenvalue weighted by Crippen LogP contribution is -2.44. The van der Waals surface area contributed by atoms with E-state index >= 15 is 0 Å². The van der Waals surface area contributed by atoms with E-state index in [2.05, 4.69) is 15.9 Å². The van der Waals surface area contributed by atoms with Gasteiger partial charge in [-0.05, 0) is 12.8 Å². The first-order valence-corrected chi connectivity index (χ1v) is 6.35. The van der Waals surface area contributed by atoms with Crippen LogP contribution in [0.5, 0.6) is 0 Å². The van der Waals surface area contributed by atoms with E-state index in [1.807, 2.05) is 20.8 Å². The normalized spacial score (nSPS) is 12.4. The van der Waals surface area contributed by atoms with Crippen molar-refractivity contribution in [3.05, 3.63) is 0 Å². The molecule has 2 amide bonds. The van der Waals surface area contributed by atoms with Gasteiger partial charge in [0.1, 0.15) is 0 Å². The van der Waals surface area contributed by atoms with E-state index in [-0.39, 0.29) is 29.1 Å². The third-order valence-electron chi connectivity index (χ3n) is 2.34. The maximum Gasteiger partial charge on any atom is 0.241 e. The number of carbonyl (C=O) groups is 2. The number of halogens is 1. The van der Waals surface area contributed by atoms with Crippen molar-refractivity contribution in [2.45, 2.75) is 25.6 Å². The third kappa shape index (κ3) is 4.51. The molecule has 4 nitrogen and oxygen atoms in total. The summed E-state index contributed by atoms with van der Waals surface area (Å²) in [5.41, 5.74) is 0. The molecule has 0 saturated carbocycles. The number of alkyl halides is 1. The van der Waals surface area contributed by atoms with Crippen molar-refractivity contribution in [3.8, 4) is 0 Å². The minimum atomic E-state index is -0.220. The molecule has 0 radical (unpaired) electrons. The number of nitrogens with zero attached hydrogens (tertiary/aromatic N) is 2. The van der Waals surface area contributed by atoms with E-state index < -0.39 is 0 Å². The quantitative estimate of drug-likeness (QED) is 0.718. The SMILES string of the molecule is CCN(CC(=O)N(C)C)C(=O)C(Br)C(C)C. The summed E-state index contributed by atoms with van der Waals surface area (Å²) in [7, 11) is 3.38. The standard InChI is InChI=1S/C11H21BrN2O2/c1-6-14(7-9(15)13(4)5)11(16)10(12)8(2)3/h8,10H,6-7H2,1-5H3. The minimum absolute atomic E-state index is 0.0206. The summed E-state index contributed by atoms with van der Waals surface area (Å²) in [6.07, 6.45) is 0. The van der Waals surface area contributed by atoms with Crippen molar-refractivity contribution in [1.82, 2.24) is 9.80 Å². The number of amides is 2. The van der Waals surface area contributed by atoms with Gasteiger partial charge in [0.25, 0.3) is 0 Å². The van der Waals surface area contributed by atoms with Gasteiger partial charge in [-0.25, -0.2) is 0 Å². The van der Waals surface area contributed by atoms with Gasteiger partial charge in [-0.15, -0.1) is 0 Å². The topological polar surface area (TPSA) is 40.6 Å². The molecule has 0 aromatic heterocycles. The molecule has 0 aliphatic rings. The lowest BCUT2D eigenvalue weighted by atomic mass is 10.1. The summed E-state index contributed by atoms with van der Waals surface area (Å²) in [5.74, 6) is 0.141. The van der Waals surface area contributed by atoms with Gasteiger partial charge in [-0.1, -0.05) is 29.8 Å². The lowest BCUT2D eigenvalue weighted by Gasteiger charge is -2.25. The van der Waals surface area contributed by atoms with Crippen LogP contribution in [0.15, 0.2) is 0 Å². The molecule has 1 atom stereocenters. The van der Waals surface area contributed by atoms with Crippen molar-refractivity contribution in [1.29, 1.82) is 0 Å². The Morgan fingerprint density at radius 2 is 1.75 bits per heavy atom. The Morgan fingerprint density at radius 3 is 2.06 bits per heavy atom. The highest BCUT2D eigenvalue weighted by Gasteiger charge is 2.25. The molecule has 0 spiro atoms. The van der Waals surface area contributed by atoms with Crippen molar-refractivity contribution >= 4 is 27.7 Å². The zero-order chi connectivity index (χ0) is 12.9. The predicted octanol–water partition coefficient (Wildman–Crippen LogP) is 1.34. The van der Waals surface area contributed by atoms with Gasteiger partial charge < -0.3 is 9.80 Å². The van der Waals surface area contributed by atoms with Crippen LogP contribution in [0.2, 0.25) is 0 Å². The van der Waals surface area contributed by atoms with E-state index in [0.717, 1.165) is 0 Å². The highest BCUT2D eigenvalue weighted by molar-refractivity contribution is 9.10. The summed E-state index contributed by atoms with van der Waals surface area (Å²) in [6.45, 7) is 6.52. The molecule has 5 heteroatoms. The molecular weight excluding hydrogens is 272 g/mol. The fraction of sp³-hybridized carbons (Fsp3) is 0.818. The predicted molar refractivity (Wildman–Crippen MR) is 68.5 cm³/mol. The highest BCUT2D eigenvalue weighted by atomic mass is 79.9. The van der Waals surface area contributed by atoms with E-state index in [4.69, 9.17) is 0 Å². The monoisotopic (exact) mass is 292 g/mol. The second kappa shape index (κ2) is 6.89. The van der Waals surface area contributed by atoms with Gasteiger partial charge in [0.2, 0.25) is 11.8 Å². The van der Waals surface area contributed by atoms with Crippen LogP contribution in [-0.2, 0) is 9.59 Å². The average Bonchev–Trinajstić information content (AvgIpc) is 2.22. The van der Waals surface area contributed by atoms with Gasteiger partial charge in [0, 0.05) is 20.6 Å². The number of hydrogen-bond acceptors (Lipinski definition) is 2. The Kier molecular flexibility index (Phi) is 6.64. The second-order valence-corrected chi connectivity index (χ2v) is 5.27. The smallest absolute Gasteiger partial charge is 0.241 e. The first-order valence-electron chi connectivity index (χ1n) is 5.44. The van der Waals surface area contributed by atoms with Crippen LogP contribution in [0.25, 0.3) is 0 Å². The average molecular weight is 293 g/mol. The van der Waals surface area contributed by atoms with Gasteiger partial charge >= 0.3 is 0 Å². The van der Waals surface area contributed by atoms with Crippen molar-refractivity contribution in [2.24, 2.45) is 5.92 Å². The van der Waals surface area contributed by atoms with E-state index in [9.17, 15) is 9.59 Å². The van der Waals surface area contributed by atoms with Crippen LogP contribution in [0.3, 0.4) is 0 Å². The molecule has 1 unspecified atom stereocenters. The summed E-state index contributed by atoms with van der Waals surface area (Å²) in [6, 6.07) is 0. The Hall–Kier alpha value is -0.580. The maximum atomic E-state index is 12.0. The van der Waals surface area contributed by atoms with E-state index in [0.29, 0.717) is 6.54 Å². The fourth-order valence-electron chi connectivity index (χ4n) is 1.11. The second-order valence-electron chi connectivity index (χ2n) is 4.29. The Balaban J connectivity index is 4.50. The zero-order valence-electron chi connectivity index (χ0n) is 10.7. The Labute approximate surface area is 106 Å². The molecule has 0 bridgehead atoms. The number of hydrogen-bond donors (Lipinski definition) is 0. The van der Waals surface area contributed by atoms with Crippen LogP contribution in [0.1, 0.15) is 20.8 Å². The largest absolute Gasteiger partial charge is 0.347 e. The van der Waals surface area contributed by atoms with Crippen LogP contribution in [0.4, 0.5) is 0 Å². The van der Waals surface area contributed by atoms with Gasteiger partial charge in [0.05, 0.1) is 11.4 Å². The minimum Gasteiger partial charge on any atom is -0.347 e. The van der Waals surface area contributed by atoms with Gasteiger partial charge in [-0.3, -0.25) is 9.59 Å². The number of carbonyl (C=O) groups excluding carboxylic acids is 2. The maximum absolute atomic E-state index is 12.0. The van der Waals surface area contributed by atoms with Crippen LogP contribution >= 0.6 is 15.9 Å². The van der Waals surface area contributed by atoms with Crippen molar-refractivity contribution in [2.75, 3.05) is 27.2 Å². The van der Waals surface area contributed by atoms with Crippen LogP contribution < -0.4 is 0 Å². The molecule has 0 aliphatic heterocycles. The summed E-state index contributed by atoms with van der Waals surface area (Å²) < 4.78 is 0. The molecule has 16 heavy (non-hydrogen) atoms. The van der Waals surface area contributed by atoms with Crippen LogP contribution in [0, 0.1) is 5.92 Å². The van der Waals surface area contributed by atoms with Gasteiger partial charge in [0.15, 0.2) is 0 Å². The molecule has 0 heterocycles. The van der Waals surface area contributed by atoms with Crippen molar-refractivity contribution in [3.63, 3.8) is 0 Å². The Bertz CT molecular complexity index is 254. The first kappa shape index (κ1) is 15.4. The van der Waals surface area contributed by atoms with Gasteiger partial charge in [-0.2, -0.15) is 0 Å². The zero-order valence-corrected chi connectivity index (χ0v) is 12.2. The molecule has 0 aromatic rings. The molecule has 0 rings (SSSR count). The molecule has 0 fully saturated rings. The van der Waals surface area contributed by atoms with Crippen LogP contribution in [-0.4, -0.2) is 53.6 Å². The summed E-state index contributed by atoms with van der Waals surface area (Å²) in [4.78, 5) is 26.4. The molecule has 0 aromatic carbocycles. The first-order chi connectivity index (χ1) is 7.31. The summed E-state index contributed by atoms with van der Waals surface area (Å²) in [5, 5.41) is 0. The molecular formula is C11H21BrN2O2. The summed E-state index contributed by atoms with van der Waals surface area (Å²) >= 11 is 3.36. The third-order valence-corrected chi connectivity index (χ3v) is 3.79. The number of rotatable bonds is 5. The molecule has 0 N–H and O–H groups in total.